The van der Waals surface area contributed by atoms with Crippen molar-refractivity contribution in [2.45, 2.75) is 44.8 Å². The smallest absolute Gasteiger partial charge is 0.303 e. The molecule has 0 spiro atoms. The molecule has 1 aromatic rings. The number of carbonyl (C=O) groups is 1. The van der Waals surface area contributed by atoms with Gasteiger partial charge in [-0.3, -0.25) is 4.79 Å². The van der Waals surface area contributed by atoms with Gasteiger partial charge in [-0.2, -0.15) is 0 Å². The summed E-state index contributed by atoms with van der Waals surface area (Å²) in [6, 6.07) is 0. The third kappa shape index (κ3) is 2.80. The van der Waals surface area contributed by atoms with Crippen LogP contribution < -0.4 is 0 Å². The van der Waals surface area contributed by atoms with Gasteiger partial charge < -0.3 is 9.84 Å². The first-order chi connectivity index (χ1) is 7.65. The lowest BCUT2D eigenvalue weighted by atomic mass is 10.2. The Hall–Kier alpha value is -0.940. The first-order valence-corrected chi connectivity index (χ1v) is 6.34. The van der Waals surface area contributed by atoms with Gasteiger partial charge in [-0.05, 0) is 19.8 Å². The van der Waals surface area contributed by atoms with Crippen molar-refractivity contribution in [1.82, 2.24) is 4.98 Å². The van der Waals surface area contributed by atoms with E-state index < -0.39 is 5.97 Å². The van der Waals surface area contributed by atoms with E-state index in [0.29, 0.717) is 12.5 Å². The minimum Gasteiger partial charge on any atom is -0.481 e. The topological polar surface area (TPSA) is 59.4 Å². The summed E-state index contributed by atoms with van der Waals surface area (Å²) in [5, 5.41) is 11.5. The van der Waals surface area contributed by atoms with Crippen LogP contribution in [-0.2, 0) is 16.0 Å². The van der Waals surface area contributed by atoms with E-state index in [0.717, 1.165) is 23.5 Å². The molecule has 0 saturated carbocycles. The van der Waals surface area contributed by atoms with E-state index in [1.54, 1.807) is 11.3 Å². The van der Waals surface area contributed by atoms with E-state index in [9.17, 15) is 4.79 Å². The quantitative estimate of drug-likeness (QED) is 0.879. The maximum atomic E-state index is 10.4. The monoisotopic (exact) mass is 241 g/mol. The van der Waals surface area contributed by atoms with Gasteiger partial charge in [0.15, 0.2) is 0 Å². The van der Waals surface area contributed by atoms with Crippen molar-refractivity contribution < 1.29 is 14.6 Å². The van der Waals surface area contributed by atoms with Crippen LogP contribution in [0.4, 0.5) is 0 Å². The first-order valence-electron chi connectivity index (χ1n) is 5.46. The Morgan fingerprint density at radius 2 is 2.50 bits per heavy atom. The van der Waals surface area contributed by atoms with Crippen LogP contribution >= 0.6 is 11.3 Å². The molecule has 2 heterocycles. The number of aryl methyl sites for hydroxylation is 1. The number of hydrogen-bond acceptors (Lipinski definition) is 4. The van der Waals surface area contributed by atoms with E-state index in [-0.39, 0.29) is 12.5 Å². The van der Waals surface area contributed by atoms with Gasteiger partial charge in [0, 0.05) is 11.8 Å². The Morgan fingerprint density at radius 3 is 3.12 bits per heavy atom. The predicted octanol–water partition coefficient (Wildman–Crippen LogP) is 2.40. The van der Waals surface area contributed by atoms with Crippen LogP contribution in [0.15, 0.2) is 5.38 Å². The van der Waals surface area contributed by atoms with Gasteiger partial charge in [-0.1, -0.05) is 0 Å². The zero-order valence-corrected chi connectivity index (χ0v) is 10.00. The van der Waals surface area contributed by atoms with Crippen LogP contribution in [0.1, 0.15) is 43.0 Å². The number of carboxylic acids is 1. The minimum atomic E-state index is -0.778. The average Bonchev–Trinajstić information content (AvgIpc) is 2.83. The van der Waals surface area contributed by atoms with Gasteiger partial charge in [0.25, 0.3) is 0 Å². The third-order valence-corrected chi connectivity index (χ3v) is 3.66. The molecule has 0 aromatic carbocycles. The Labute approximate surface area is 98.3 Å². The summed E-state index contributed by atoms with van der Waals surface area (Å²) in [4.78, 5) is 14.9. The molecule has 5 heteroatoms. The van der Waals surface area contributed by atoms with Crippen molar-refractivity contribution >= 4 is 17.3 Å². The maximum Gasteiger partial charge on any atom is 0.303 e. The van der Waals surface area contributed by atoms with Crippen molar-refractivity contribution in [3.63, 3.8) is 0 Å². The van der Waals surface area contributed by atoms with Gasteiger partial charge in [-0.15, -0.1) is 11.3 Å². The second-order valence-corrected chi connectivity index (χ2v) is 4.97. The molecule has 16 heavy (non-hydrogen) atoms. The van der Waals surface area contributed by atoms with E-state index >= 15 is 0 Å². The molecular formula is C11H15NO3S. The van der Waals surface area contributed by atoms with Crippen molar-refractivity contribution in [2.75, 3.05) is 0 Å². The second-order valence-electron chi connectivity index (χ2n) is 4.08. The molecule has 1 aliphatic heterocycles. The van der Waals surface area contributed by atoms with Crippen LogP contribution in [0.2, 0.25) is 0 Å². The molecular weight excluding hydrogens is 226 g/mol. The van der Waals surface area contributed by atoms with E-state index in [1.165, 1.54) is 0 Å². The fourth-order valence-electron chi connectivity index (χ4n) is 1.80. The van der Waals surface area contributed by atoms with Gasteiger partial charge in [-0.25, -0.2) is 4.98 Å². The van der Waals surface area contributed by atoms with Crippen LogP contribution in [0.3, 0.4) is 0 Å². The Kier molecular flexibility index (Phi) is 3.56. The standard InChI is InChI=1S/C11H15NO3S/c1-7-2-4-9(15-7)11-12-8(6-16-11)3-5-10(13)14/h6-7,9H,2-5H2,1H3,(H,13,14). The average molecular weight is 241 g/mol. The number of aliphatic carboxylic acids is 1. The molecule has 1 fully saturated rings. The molecule has 2 unspecified atom stereocenters. The van der Waals surface area contributed by atoms with Crippen LogP contribution in [0, 0.1) is 0 Å². The molecule has 1 aliphatic rings. The molecule has 1 N–H and O–H groups in total. The molecule has 0 bridgehead atoms. The van der Waals surface area contributed by atoms with Crippen molar-refractivity contribution in [2.24, 2.45) is 0 Å². The number of carboxylic acid groups (broad SMARTS) is 1. The summed E-state index contributed by atoms with van der Waals surface area (Å²) in [7, 11) is 0. The van der Waals surface area contributed by atoms with Crippen molar-refractivity contribution in [3.05, 3.63) is 16.1 Å². The molecule has 2 atom stereocenters. The van der Waals surface area contributed by atoms with Crippen LogP contribution in [-0.4, -0.2) is 22.2 Å². The zero-order valence-electron chi connectivity index (χ0n) is 9.18. The van der Waals surface area contributed by atoms with E-state index in [4.69, 9.17) is 9.84 Å². The fourth-order valence-corrected chi connectivity index (χ4v) is 2.73. The minimum absolute atomic E-state index is 0.124. The Bertz CT molecular complexity index is 377. The van der Waals surface area contributed by atoms with E-state index in [1.807, 2.05) is 5.38 Å². The highest BCUT2D eigenvalue weighted by atomic mass is 32.1. The summed E-state index contributed by atoms with van der Waals surface area (Å²) in [6.07, 6.45) is 3.19. The molecule has 0 aliphatic carbocycles. The summed E-state index contributed by atoms with van der Waals surface area (Å²) in [5.74, 6) is -0.778. The number of thiazole rings is 1. The van der Waals surface area contributed by atoms with Crippen molar-refractivity contribution in [1.29, 1.82) is 0 Å². The van der Waals surface area contributed by atoms with Crippen LogP contribution in [0.25, 0.3) is 0 Å². The number of aromatic nitrogens is 1. The SMILES string of the molecule is CC1CCC(c2nc(CCC(=O)O)cs2)O1. The third-order valence-electron chi connectivity index (χ3n) is 2.67. The molecule has 0 radical (unpaired) electrons. The largest absolute Gasteiger partial charge is 0.481 e. The Morgan fingerprint density at radius 1 is 1.69 bits per heavy atom. The number of hydrogen-bond donors (Lipinski definition) is 1. The fraction of sp³-hybridized carbons (Fsp3) is 0.636. The van der Waals surface area contributed by atoms with Gasteiger partial charge in [0.05, 0.1) is 18.2 Å². The number of nitrogens with zero attached hydrogens (tertiary/aromatic N) is 1. The summed E-state index contributed by atoms with van der Waals surface area (Å²) in [5.41, 5.74) is 0.866. The molecule has 2 rings (SSSR count). The lowest BCUT2D eigenvalue weighted by molar-refractivity contribution is -0.136. The number of ether oxygens (including phenoxy) is 1. The summed E-state index contributed by atoms with van der Waals surface area (Å²) < 4.78 is 5.72. The number of rotatable bonds is 4. The maximum absolute atomic E-state index is 10.4. The molecule has 1 saturated heterocycles. The van der Waals surface area contributed by atoms with Gasteiger partial charge in [0.1, 0.15) is 11.1 Å². The van der Waals surface area contributed by atoms with E-state index in [2.05, 4.69) is 11.9 Å². The predicted molar refractivity (Wildman–Crippen MR) is 60.6 cm³/mol. The highest BCUT2D eigenvalue weighted by molar-refractivity contribution is 7.09. The zero-order chi connectivity index (χ0) is 11.5. The first kappa shape index (κ1) is 11.5. The lowest BCUT2D eigenvalue weighted by Gasteiger charge is -2.06. The van der Waals surface area contributed by atoms with Crippen molar-refractivity contribution in [3.8, 4) is 0 Å². The summed E-state index contributed by atoms with van der Waals surface area (Å²) >= 11 is 1.57. The summed E-state index contributed by atoms with van der Waals surface area (Å²) in [6.45, 7) is 2.07. The highest BCUT2D eigenvalue weighted by Gasteiger charge is 2.25. The molecule has 4 nitrogen and oxygen atoms in total. The van der Waals surface area contributed by atoms with Gasteiger partial charge in [0.2, 0.25) is 0 Å². The molecule has 1 aromatic heterocycles. The molecule has 0 amide bonds. The molecule has 88 valence electrons. The Balaban J connectivity index is 1.94. The van der Waals surface area contributed by atoms with Crippen LogP contribution in [0.5, 0.6) is 0 Å². The second kappa shape index (κ2) is 4.93. The normalized spacial score (nSPS) is 24.8. The lowest BCUT2D eigenvalue weighted by Crippen LogP contribution is -2.01. The van der Waals surface area contributed by atoms with Gasteiger partial charge >= 0.3 is 5.97 Å². The highest BCUT2D eigenvalue weighted by Crippen LogP contribution is 2.34.